The van der Waals surface area contributed by atoms with Crippen molar-refractivity contribution in [2.75, 3.05) is 0 Å². The van der Waals surface area contributed by atoms with Crippen LogP contribution in [0.4, 0.5) is 0 Å². The molecule has 0 radical (unpaired) electrons. The summed E-state index contributed by atoms with van der Waals surface area (Å²) in [5, 5.41) is 17.8. The summed E-state index contributed by atoms with van der Waals surface area (Å²) in [7, 11) is 0. The van der Waals surface area contributed by atoms with Gasteiger partial charge in [0.1, 0.15) is 0 Å². The van der Waals surface area contributed by atoms with Crippen LogP contribution in [0.25, 0.3) is 109 Å². The van der Waals surface area contributed by atoms with Crippen LogP contribution in [0.15, 0.2) is 194 Å². The molecule has 11 aromatic rings. The van der Waals surface area contributed by atoms with Gasteiger partial charge in [-0.1, -0.05) is 158 Å². The van der Waals surface area contributed by atoms with Crippen molar-refractivity contribution in [2.24, 2.45) is 0 Å². The Morgan fingerprint density at radius 1 is 0.173 bits per heavy atom. The molecular formula is C52H32. The first kappa shape index (κ1) is 29.0. The van der Waals surface area contributed by atoms with Crippen LogP contribution in [0.1, 0.15) is 0 Å². The lowest BCUT2D eigenvalue weighted by atomic mass is 9.85. The third-order valence-corrected chi connectivity index (χ3v) is 11.2. The van der Waals surface area contributed by atoms with Gasteiger partial charge in [-0.05, 0) is 145 Å². The minimum absolute atomic E-state index is 1.23. The summed E-state index contributed by atoms with van der Waals surface area (Å²) in [6.45, 7) is 0. The van der Waals surface area contributed by atoms with E-state index >= 15 is 0 Å². The molecule has 0 heteroatoms. The van der Waals surface area contributed by atoms with E-state index in [-0.39, 0.29) is 0 Å². The molecule has 0 aromatic heterocycles. The summed E-state index contributed by atoms with van der Waals surface area (Å²) in [5.41, 5.74) is 7.47. The summed E-state index contributed by atoms with van der Waals surface area (Å²) in [6.07, 6.45) is 0. The molecule has 0 saturated carbocycles. The Labute approximate surface area is 301 Å². The first-order valence-electron chi connectivity index (χ1n) is 18.1. The van der Waals surface area contributed by atoms with E-state index in [0.29, 0.717) is 0 Å². The summed E-state index contributed by atoms with van der Waals surface area (Å²) >= 11 is 0. The lowest BCUT2D eigenvalue weighted by Crippen LogP contribution is -1.91. The zero-order valence-electron chi connectivity index (χ0n) is 28.5. The zero-order chi connectivity index (χ0) is 34.2. The van der Waals surface area contributed by atoms with Gasteiger partial charge in [-0.2, -0.15) is 0 Å². The van der Waals surface area contributed by atoms with Gasteiger partial charge in [0.15, 0.2) is 0 Å². The second-order valence-electron chi connectivity index (χ2n) is 14.1. The first-order chi connectivity index (χ1) is 25.8. The SMILES string of the molecule is c1ccc2cc(-c3cc4c5cc(-c6cc7ccccc7c7ccccc67)ccc5c(-c5ccc6ccccc6c5)cc4c4ccccc34)ccc2c1. The van der Waals surface area contributed by atoms with Crippen LogP contribution in [0, 0.1) is 0 Å². The standard InChI is InChI=1S/C52H32/c1-3-13-35-27-38(23-21-33(35)11-1)48-32-52-50-30-40(47-29-37-15-5-6-16-41(37)42-17-7-8-18-43(42)47)25-26-46(50)49(31-51(52)45-20-10-9-19-44(45)48)39-24-22-34-12-2-4-14-36(34)28-39/h1-32H. The van der Waals surface area contributed by atoms with Gasteiger partial charge in [-0.15, -0.1) is 0 Å². The molecule has 0 aliphatic carbocycles. The average Bonchev–Trinajstić information content (AvgIpc) is 3.22. The van der Waals surface area contributed by atoms with Crippen molar-refractivity contribution in [1.29, 1.82) is 0 Å². The minimum atomic E-state index is 1.23. The first-order valence-corrected chi connectivity index (χ1v) is 18.1. The van der Waals surface area contributed by atoms with Gasteiger partial charge in [0.05, 0.1) is 0 Å². The molecule has 0 unspecified atom stereocenters. The lowest BCUT2D eigenvalue weighted by molar-refractivity contribution is 1.68. The highest BCUT2D eigenvalue weighted by molar-refractivity contribution is 6.25. The molecule has 0 amide bonds. The predicted octanol–water partition coefficient (Wildman–Crippen LogP) is 14.8. The number of hydrogen-bond acceptors (Lipinski definition) is 0. The zero-order valence-corrected chi connectivity index (χ0v) is 28.5. The number of benzene rings is 11. The van der Waals surface area contributed by atoms with E-state index in [1.54, 1.807) is 0 Å². The van der Waals surface area contributed by atoms with Gasteiger partial charge in [-0.25, -0.2) is 0 Å². The van der Waals surface area contributed by atoms with Crippen LogP contribution >= 0.6 is 0 Å². The quantitative estimate of drug-likeness (QED) is 0.166. The fourth-order valence-electron chi connectivity index (χ4n) is 8.65. The van der Waals surface area contributed by atoms with Crippen molar-refractivity contribution in [3.8, 4) is 33.4 Å². The van der Waals surface area contributed by atoms with Crippen LogP contribution < -0.4 is 0 Å². The topological polar surface area (TPSA) is 0 Å². The second-order valence-corrected chi connectivity index (χ2v) is 14.1. The molecule has 0 aliphatic rings. The molecule has 0 fully saturated rings. The Balaban J connectivity index is 1.26. The van der Waals surface area contributed by atoms with Crippen molar-refractivity contribution < 1.29 is 0 Å². The van der Waals surface area contributed by atoms with Crippen molar-refractivity contribution in [3.63, 3.8) is 0 Å². The van der Waals surface area contributed by atoms with E-state index in [1.807, 2.05) is 0 Å². The molecule has 0 spiro atoms. The van der Waals surface area contributed by atoms with Crippen molar-refractivity contribution >= 4 is 75.4 Å². The third-order valence-electron chi connectivity index (χ3n) is 11.2. The Morgan fingerprint density at radius 2 is 0.538 bits per heavy atom. The number of hydrogen-bond donors (Lipinski definition) is 0. The molecule has 0 nitrogen and oxygen atoms in total. The normalized spacial score (nSPS) is 11.8. The van der Waals surface area contributed by atoms with Crippen LogP contribution in [0.3, 0.4) is 0 Å². The smallest absolute Gasteiger partial charge is 0.00921 e. The van der Waals surface area contributed by atoms with Gasteiger partial charge in [0.25, 0.3) is 0 Å². The van der Waals surface area contributed by atoms with Crippen LogP contribution in [-0.4, -0.2) is 0 Å². The molecule has 0 saturated heterocycles. The van der Waals surface area contributed by atoms with Crippen molar-refractivity contribution in [1.82, 2.24) is 0 Å². The number of fused-ring (bicyclic) bond motifs is 10. The van der Waals surface area contributed by atoms with E-state index in [2.05, 4.69) is 194 Å². The van der Waals surface area contributed by atoms with Crippen LogP contribution in [0.2, 0.25) is 0 Å². The van der Waals surface area contributed by atoms with E-state index in [9.17, 15) is 0 Å². The molecule has 0 atom stereocenters. The molecule has 11 aromatic carbocycles. The Bertz CT molecular complexity index is 3240. The third kappa shape index (κ3) is 4.48. The Kier molecular flexibility index (Phi) is 6.35. The van der Waals surface area contributed by atoms with E-state index < -0.39 is 0 Å². The summed E-state index contributed by atoms with van der Waals surface area (Å²) in [5.74, 6) is 0. The molecule has 0 N–H and O–H groups in total. The molecule has 0 heterocycles. The van der Waals surface area contributed by atoms with Crippen molar-refractivity contribution in [2.45, 2.75) is 0 Å². The van der Waals surface area contributed by atoms with Gasteiger partial charge < -0.3 is 0 Å². The monoisotopic (exact) mass is 656 g/mol. The Morgan fingerprint density at radius 3 is 1.13 bits per heavy atom. The van der Waals surface area contributed by atoms with E-state index in [4.69, 9.17) is 0 Å². The van der Waals surface area contributed by atoms with Crippen molar-refractivity contribution in [3.05, 3.63) is 194 Å². The van der Waals surface area contributed by atoms with Gasteiger partial charge >= 0.3 is 0 Å². The molecular weight excluding hydrogens is 625 g/mol. The molecule has 11 rings (SSSR count). The second kappa shape index (κ2) is 11.4. The maximum absolute atomic E-state index is 2.46. The van der Waals surface area contributed by atoms with Gasteiger partial charge in [0, 0.05) is 0 Å². The molecule has 0 bridgehead atoms. The number of rotatable bonds is 3. The average molecular weight is 657 g/mol. The van der Waals surface area contributed by atoms with Crippen LogP contribution in [0.5, 0.6) is 0 Å². The Hall–Kier alpha value is -6.76. The fourth-order valence-corrected chi connectivity index (χ4v) is 8.65. The highest BCUT2D eigenvalue weighted by Gasteiger charge is 2.17. The highest BCUT2D eigenvalue weighted by atomic mass is 14.2. The minimum Gasteiger partial charge on any atom is -0.0616 e. The summed E-state index contributed by atoms with van der Waals surface area (Å²) in [6, 6.07) is 72.1. The molecule has 0 aliphatic heterocycles. The summed E-state index contributed by atoms with van der Waals surface area (Å²) in [4.78, 5) is 0. The van der Waals surface area contributed by atoms with Gasteiger partial charge in [-0.3, -0.25) is 0 Å². The van der Waals surface area contributed by atoms with E-state index in [1.165, 1.54) is 109 Å². The summed E-state index contributed by atoms with van der Waals surface area (Å²) < 4.78 is 0. The van der Waals surface area contributed by atoms with E-state index in [0.717, 1.165) is 0 Å². The predicted molar refractivity (Wildman–Crippen MR) is 225 cm³/mol. The molecule has 52 heavy (non-hydrogen) atoms. The lowest BCUT2D eigenvalue weighted by Gasteiger charge is -2.18. The fraction of sp³-hybridized carbons (Fsp3) is 0. The van der Waals surface area contributed by atoms with Gasteiger partial charge in [0.2, 0.25) is 0 Å². The maximum Gasteiger partial charge on any atom is -0.00921 e. The largest absolute Gasteiger partial charge is 0.0616 e. The molecule has 240 valence electrons. The van der Waals surface area contributed by atoms with Crippen LogP contribution in [-0.2, 0) is 0 Å². The highest BCUT2D eigenvalue weighted by Crippen LogP contribution is 2.44. The maximum atomic E-state index is 2.46.